The van der Waals surface area contributed by atoms with Crippen LogP contribution in [0, 0.1) is 0 Å². The highest BCUT2D eigenvalue weighted by Gasteiger charge is 2.27. The predicted octanol–water partition coefficient (Wildman–Crippen LogP) is 1.22. The molecule has 0 bridgehead atoms. The number of carbonyl (C=O) groups excluding carboxylic acids is 2. The highest BCUT2D eigenvalue weighted by atomic mass is 19.3. The van der Waals surface area contributed by atoms with E-state index < -0.39 is 23.8 Å². The second-order valence-corrected chi connectivity index (χ2v) is 2.92. The van der Waals surface area contributed by atoms with Gasteiger partial charge in [0, 0.05) is 19.3 Å². The summed E-state index contributed by atoms with van der Waals surface area (Å²) in [5, 5.41) is 0. The molecule has 6 heteroatoms. The van der Waals surface area contributed by atoms with Crippen LogP contribution >= 0.6 is 0 Å². The van der Waals surface area contributed by atoms with Crippen molar-refractivity contribution in [2.24, 2.45) is 0 Å². The van der Waals surface area contributed by atoms with Crippen molar-refractivity contribution in [1.82, 2.24) is 4.90 Å². The van der Waals surface area contributed by atoms with Gasteiger partial charge in [-0.15, -0.1) is 0 Å². The van der Waals surface area contributed by atoms with Gasteiger partial charge in [0.25, 0.3) is 0 Å². The van der Waals surface area contributed by atoms with Crippen molar-refractivity contribution in [3.63, 3.8) is 0 Å². The number of esters is 1. The van der Waals surface area contributed by atoms with Crippen LogP contribution in [0.4, 0.5) is 8.78 Å². The molecule has 4 nitrogen and oxygen atoms in total. The maximum atomic E-state index is 12.2. The molecular formula is C10H15F2NO3. The summed E-state index contributed by atoms with van der Waals surface area (Å²) >= 11 is 0. The van der Waals surface area contributed by atoms with Gasteiger partial charge in [-0.25, -0.2) is 13.6 Å². The van der Waals surface area contributed by atoms with E-state index in [0.29, 0.717) is 13.1 Å². The zero-order valence-electron chi connectivity index (χ0n) is 9.50. The summed E-state index contributed by atoms with van der Waals surface area (Å²) in [6.45, 7) is 4.57. The second-order valence-electron chi connectivity index (χ2n) is 2.92. The molecule has 0 aromatic rings. The molecule has 0 atom stereocenters. The smallest absolute Gasteiger partial charge is 0.343 e. The lowest BCUT2D eigenvalue weighted by Gasteiger charge is -2.16. The summed E-state index contributed by atoms with van der Waals surface area (Å²) < 4.78 is 28.7. The summed E-state index contributed by atoms with van der Waals surface area (Å²) in [6, 6.07) is 0. The molecule has 0 fully saturated rings. The van der Waals surface area contributed by atoms with E-state index in [2.05, 4.69) is 4.74 Å². The fraction of sp³-hybridized carbons (Fsp3) is 0.600. The standard InChI is InChI=1S/C10H15F2NO3/c1-4-13(5-2)6-7(10(15)16-3)8(14)9(11)12/h6,9H,4-5H2,1-3H3. The Morgan fingerprint density at radius 3 is 2.12 bits per heavy atom. The van der Waals surface area contributed by atoms with Crippen LogP contribution in [0.5, 0.6) is 0 Å². The van der Waals surface area contributed by atoms with Gasteiger partial charge in [0.15, 0.2) is 0 Å². The molecule has 0 aliphatic rings. The lowest BCUT2D eigenvalue weighted by molar-refractivity contribution is -0.140. The Morgan fingerprint density at radius 1 is 1.31 bits per heavy atom. The van der Waals surface area contributed by atoms with Gasteiger partial charge in [0.2, 0.25) is 5.78 Å². The number of Topliss-reactive ketones (excluding diaryl/α,β-unsaturated/α-hetero) is 1. The number of hydrogen-bond acceptors (Lipinski definition) is 4. The minimum atomic E-state index is -3.21. The van der Waals surface area contributed by atoms with Gasteiger partial charge in [-0.3, -0.25) is 4.79 Å². The molecule has 0 saturated carbocycles. The Labute approximate surface area is 92.9 Å². The molecule has 92 valence electrons. The monoisotopic (exact) mass is 235 g/mol. The molecule has 0 aromatic heterocycles. The summed E-state index contributed by atoms with van der Waals surface area (Å²) in [4.78, 5) is 23.8. The zero-order chi connectivity index (χ0) is 12.7. The van der Waals surface area contributed by atoms with Gasteiger partial charge >= 0.3 is 12.4 Å². The van der Waals surface area contributed by atoms with Gasteiger partial charge in [0.05, 0.1) is 7.11 Å². The van der Waals surface area contributed by atoms with E-state index in [1.165, 1.54) is 0 Å². The molecule has 0 aromatic carbocycles. The molecule has 0 unspecified atom stereocenters. The molecule has 0 spiro atoms. The quantitative estimate of drug-likeness (QED) is 0.300. The maximum Gasteiger partial charge on any atom is 0.343 e. The molecule has 0 saturated heterocycles. The highest BCUT2D eigenvalue weighted by molar-refractivity contribution is 6.18. The average Bonchev–Trinajstić information content (AvgIpc) is 2.29. The zero-order valence-corrected chi connectivity index (χ0v) is 9.50. The fourth-order valence-corrected chi connectivity index (χ4v) is 1.03. The van der Waals surface area contributed by atoms with Gasteiger partial charge < -0.3 is 9.64 Å². The third-order valence-electron chi connectivity index (χ3n) is 1.99. The first-order valence-electron chi connectivity index (χ1n) is 4.84. The first kappa shape index (κ1) is 14.5. The van der Waals surface area contributed by atoms with Crippen molar-refractivity contribution in [3.05, 3.63) is 11.8 Å². The number of halogens is 2. The van der Waals surface area contributed by atoms with E-state index in [9.17, 15) is 18.4 Å². The molecule has 0 radical (unpaired) electrons. The first-order valence-corrected chi connectivity index (χ1v) is 4.84. The average molecular weight is 235 g/mol. The molecule has 0 aliphatic carbocycles. The van der Waals surface area contributed by atoms with Crippen LogP contribution in [0.2, 0.25) is 0 Å². The Hall–Kier alpha value is -1.46. The van der Waals surface area contributed by atoms with Crippen molar-refractivity contribution in [3.8, 4) is 0 Å². The number of alkyl halides is 2. The lowest BCUT2D eigenvalue weighted by atomic mass is 10.2. The number of carbonyl (C=O) groups is 2. The Bertz CT molecular complexity index is 286. The third kappa shape index (κ3) is 3.96. The highest BCUT2D eigenvalue weighted by Crippen LogP contribution is 2.09. The van der Waals surface area contributed by atoms with Gasteiger partial charge in [-0.1, -0.05) is 0 Å². The predicted molar refractivity (Wildman–Crippen MR) is 54.0 cm³/mol. The topological polar surface area (TPSA) is 46.6 Å². The first-order chi connectivity index (χ1) is 7.47. The number of ketones is 1. The van der Waals surface area contributed by atoms with Crippen LogP contribution in [-0.2, 0) is 14.3 Å². The van der Waals surface area contributed by atoms with Crippen LogP contribution in [0.25, 0.3) is 0 Å². The number of nitrogens with zero attached hydrogens (tertiary/aromatic N) is 1. The van der Waals surface area contributed by atoms with Crippen LogP contribution < -0.4 is 0 Å². The second kappa shape index (κ2) is 6.92. The van der Waals surface area contributed by atoms with Gasteiger partial charge in [-0.05, 0) is 13.8 Å². The lowest BCUT2D eigenvalue weighted by Crippen LogP contribution is -2.25. The molecule has 0 amide bonds. The van der Waals surface area contributed by atoms with Crippen molar-refractivity contribution < 1.29 is 23.1 Å². The third-order valence-corrected chi connectivity index (χ3v) is 1.99. The van der Waals surface area contributed by atoms with Crippen LogP contribution in [-0.4, -0.2) is 43.3 Å². The van der Waals surface area contributed by atoms with Gasteiger partial charge in [0.1, 0.15) is 5.57 Å². The molecule has 0 N–H and O–H groups in total. The maximum absolute atomic E-state index is 12.2. The van der Waals surface area contributed by atoms with Crippen molar-refractivity contribution in [2.45, 2.75) is 20.3 Å². The van der Waals surface area contributed by atoms with E-state index in [1.807, 2.05) is 0 Å². The Balaban J connectivity index is 5.08. The van der Waals surface area contributed by atoms with E-state index in [4.69, 9.17) is 0 Å². The van der Waals surface area contributed by atoms with Crippen molar-refractivity contribution >= 4 is 11.8 Å². The number of hydrogen-bond donors (Lipinski definition) is 0. The van der Waals surface area contributed by atoms with Crippen molar-refractivity contribution in [1.29, 1.82) is 0 Å². The summed E-state index contributed by atoms with van der Waals surface area (Å²) in [6.07, 6.45) is -2.10. The van der Waals surface area contributed by atoms with Crippen LogP contribution in [0.15, 0.2) is 11.8 Å². The largest absolute Gasteiger partial charge is 0.465 e. The van der Waals surface area contributed by atoms with Crippen LogP contribution in [0.1, 0.15) is 13.8 Å². The van der Waals surface area contributed by atoms with Gasteiger partial charge in [-0.2, -0.15) is 0 Å². The summed E-state index contributed by atoms with van der Waals surface area (Å²) in [7, 11) is 1.04. The molecule has 16 heavy (non-hydrogen) atoms. The number of methoxy groups -OCH3 is 1. The molecule has 0 heterocycles. The summed E-state index contributed by atoms with van der Waals surface area (Å²) in [5.74, 6) is -2.56. The van der Waals surface area contributed by atoms with E-state index >= 15 is 0 Å². The van der Waals surface area contributed by atoms with E-state index in [0.717, 1.165) is 13.3 Å². The minimum absolute atomic E-state index is 0.507. The Morgan fingerprint density at radius 2 is 1.81 bits per heavy atom. The molecular weight excluding hydrogens is 220 g/mol. The normalized spacial score (nSPS) is 11.5. The summed E-state index contributed by atoms with van der Waals surface area (Å²) in [5.41, 5.74) is -0.624. The minimum Gasteiger partial charge on any atom is -0.465 e. The molecule has 0 rings (SSSR count). The Kier molecular flexibility index (Phi) is 6.29. The number of ether oxygens (including phenoxy) is 1. The SMILES string of the molecule is CCN(C=C(C(=O)OC)C(=O)C(F)F)CC. The van der Waals surface area contributed by atoms with E-state index in [-0.39, 0.29) is 0 Å². The number of rotatable bonds is 6. The fourth-order valence-electron chi connectivity index (χ4n) is 1.03. The van der Waals surface area contributed by atoms with Crippen LogP contribution in [0.3, 0.4) is 0 Å². The van der Waals surface area contributed by atoms with E-state index in [1.54, 1.807) is 18.7 Å². The molecule has 0 aliphatic heterocycles. The van der Waals surface area contributed by atoms with Crippen molar-refractivity contribution in [2.75, 3.05) is 20.2 Å².